The first-order valence-electron chi connectivity index (χ1n) is 7.36. The van der Waals surface area contributed by atoms with Crippen LogP contribution in [0.2, 0.25) is 0 Å². The van der Waals surface area contributed by atoms with Crippen molar-refractivity contribution in [3.63, 3.8) is 0 Å². The molecule has 1 aliphatic heterocycles. The molecule has 4 nitrogen and oxygen atoms in total. The second-order valence-corrected chi connectivity index (χ2v) is 5.21. The van der Waals surface area contributed by atoms with Gasteiger partial charge in [0.15, 0.2) is 6.10 Å². The lowest BCUT2D eigenvalue weighted by Crippen LogP contribution is -2.49. The molecule has 1 saturated heterocycles. The standard InChI is InChI=1S/C16H24N2O2/c1-3-17-14-10-7-11-18(12-14)16(19)15(20-2)13-8-5-4-6-9-13/h4-6,8-9,14-15,17H,3,7,10-12H2,1-2H3. The summed E-state index contributed by atoms with van der Waals surface area (Å²) in [6.07, 6.45) is 1.70. The van der Waals surface area contributed by atoms with Crippen LogP contribution in [0.3, 0.4) is 0 Å². The highest BCUT2D eigenvalue weighted by Crippen LogP contribution is 2.21. The van der Waals surface area contributed by atoms with E-state index in [1.54, 1.807) is 7.11 Å². The van der Waals surface area contributed by atoms with E-state index in [0.717, 1.165) is 38.0 Å². The highest BCUT2D eigenvalue weighted by molar-refractivity contribution is 5.82. The first-order chi connectivity index (χ1) is 9.76. The first kappa shape index (κ1) is 15.0. The summed E-state index contributed by atoms with van der Waals surface area (Å²) in [6, 6.07) is 10.1. The fraction of sp³-hybridized carbons (Fsp3) is 0.562. The zero-order valence-corrected chi connectivity index (χ0v) is 12.3. The molecule has 110 valence electrons. The lowest BCUT2D eigenvalue weighted by atomic mass is 10.0. The zero-order chi connectivity index (χ0) is 14.4. The van der Waals surface area contributed by atoms with Gasteiger partial charge in [-0.05, 0) is 24.9 Å². The molecule has 0 bridgehead atoms. The molecule has 1 heterocycles. The molecule has 1 aromatic rings. The molecule has 0 aromatic heterocycles. The molecule has 2 unspecified atom stereocenters. The smallest absolute Gasteiger partial charge is 0.256 e. The summed E-state index contributed by atoms with van der Waals surface area (Å²) in [5.41, 5.74) is 0.922. The van der Waals surface area contributed by atoms with Gasteiger partial charge in [-0.1, -0.05) is 37.3 Å². The Morgan fingerprint density at radius 3 is 2.85 bits per heavy atom. The van der Waals surface area contributed by atoms with Crippen LogP contribution in [0.5, 0.6) is 0 Å². The third-order valence-corrected chi connectivity index (χ3v) is 3.79. The van der Waals surface area contributed by atoms with Crippen molar-refractivity contribution in [1.82, 2.24) is 10.2 Å². The number of methoxy groups -OCH3 is 1. The third-order valence-electron chi connectivity index (χ3n) is 3.79. The zero-order valence-electron chi connectivity index (χ0n) is 12.3. The Morgan fingerprint density at radius 1 is 1.45 bits per heavy atom. The van der Waals surface area contributed by atoms with E-state index in [2.05, 4.69) is 12.2 Å². The molecule has 0 radical (unpaired) electrons. The van der Waals surface area contributed by atoms with Crippen LogP contribution in [0.4, 0.5) is 0 Å². The van der Waals surface area contributed by atoms with Crippen LogP contribution in [0.1, 0.15) is 31.4 Å². The molecule has 2 atom stereocenters. The Morgan fingerprint density at radius 2 is 2.20 bits per heavy atom. The fourth-order valence-corrected chi connectivity index (χ4v) is 2.81. The number of hydrogen-bond acceptors (Lipinski definition) is 3. The van der Waals surface area contributed by atoms with E-state index in [-0.39, 0.29) is 5.91 Å². The van der Waals surface area contributed by atoms with Gasteiger partial charge in [0.1, 0.15) is 0 Å². The fourth-order valence-electron chi connectivity index (χ4n) is 2.81. The van der Waals surface area contributed by atoms with Crippen molar-refractivity contribution >= 4 is 5.91 Å². The molecule has 1 aromatic carbocycles. The van der Waals surface area contributed by atoms with Gasteiger partial charge in [0.05, 0.1) is 0 Å². The minimum Gasteiger partial charge on any atom is -0.367 e. The number of likely N-dealkylation sites (N-methyl/N-ethyl adjacent to an activating group) is 1. The number of hydrogen-bond donors (Lipinski definition) is 1. The molecule has 4 heteroatoms. The van der Waals surface area contributed by atoms with Gasteiger partial charge in [-0.25, -0.2) is 0 Å². The number of nitrogens with one attached hydrogen (secondary N) is 1. The van der Waals surface area contributed by atoms with Crippen LogP contribution >= 0.6 is 0 Å². The van der Waals surface area contributed by atoms with E-state index in [4.69, 9.17) is 4.74 Å². The van der Waals surface area contributed by atoms with E-state index in [9.17, 15) is 4.79 Å². The molecular formula is C16H24N2O2. The van der Waals surface area contributed by atoms with Gasteiger partial charge in [0.25, 0.3) is 5.91 Å². The van der Waals surface area contributed by atoms with Crippen molar-refractivity contribution in [2.75, 3.05) is 26.7 Å². The second-order valence-electron chi connectivity index (χ2n) is 5.21. The molecule has 1 amide bonds. The van der Waals surface area contributed by atoms with E-state index in [1.165, 1.54) is 0 Å². The average Bonchev–Trinajstić information content (AvgIpc) is 2.50. The second kappa shape index (κ2) is 7.41. The van der Waals surface area contributed by atoms with Gasteiger partial charge in [0.2, 0.25) is 0 Å². The Kier molecular flexibility index (Phi) is 5.56. The third kappa shape index (κ3) is 3.58. The quantitative estimate of drug-likeness (QED) is 0.894. The van der Waals surface area contributed by atoms with Crippen LogP contribution < -0.4 is 5.32 Å². The van der Waals surface area contributed by atoms with Crippen molar-refractivity contribution in [2.45, 2.75) is 31.9 Å². The minimum absolute atomic E-state index is 0.0707. The van der Waals surface area contributed by atoms with Gasteiger partial charge in [-0.15, -0.1) is 0 Å². The maximum atomic E-state index is 12.7. The Labute approximate surface area is 121 Å². The van der Waals surface area contributed by atoms with Crippen molar-refractivity contribution < 1.29 is 9.53 Å². The van der Waals surface area contributed by atoms with Gasteiger partial charge < -0.3 is 15.0 Å². The maximum absolute atomic E-state index is 12.7. The topological polar surface area (TPSA) is 41.6 Å². The van der Waals surface area contributed by atoms with Crippen molar-refractivity contribution in [3.8, 4) is 0 Å². The van der Waals surface area contributed by atoms with Crippen LogP contribution in [-0.2, 0) is 9.53 Å². The SMILES string of the molecule is CCNC1CCCN(C(=O)C(OC)c2ccccc2)C1. The summed E-state index contributed by atoms with van der Waals surface area (Å²) in [7, 11) is 1.60. The molecule has 1 aliphatic rings. The predicted molar refractivity (Wildman–Crippen MR) is 79.5 cm³/mol. The van der Waals surface area contributed by atoms with Crippen molar-refractivity contribution in [1.29, 1.82) is 0 Å². The molecular weight excluding hydrogens is 252 g/mol. The number of benzene rings is 1. The lowest BCUT2D eigenvalue weighted by molar-refractivity contribution is -0.143. The summed E-state index contributed by atoms with van der Waals surface area (Å²) < 4.78 is 5.43. The number of likely N-dealkylation sites (tertiary alicyclic amines) is 1. The molecule has 1 N–H and O–H groups in total. The van der Waals surface area contributed by atoms with Gasteiger partial charge in [0, 0.05) is 26.2 Å². The molecule has 0 saturated carbocycles. The maximum Gasteiger partial charge on any atom is 0.256 e. The number of nitrogens with zero attached hydrogens (tertiary/aromatic N) is 1. The summed E-state index contributed by atoms with van der Waals surface area (Å²) >= 11 is 0. The minimum atomic E-state index is -0.489. The monoisotopic (exact) mass is 276 g/mol. The normalized spacial score (nSPS) is 20.7. The Bertz CT molecular complexity index is 420. The molecule has 20 heavy (non-hydrogen) atoms. The van der Waals surface area contributed by atoms with Crippen LogP contribution in [-0.4, -0.2) is 43.6 Å². The van der Waals surface area contributed by atoms with Crippen molar-refractivity contribution in [2.24, 2.45) is 0 Å². The summed E-state index contributed by atoms with van der Waals surface area (Å²) in [4.78, 5) is 14.6. The average molecular weight is 276 g/mol. The number of carbonyl (C=O) groups is 1. The van der Waals surface area contributed by atoms with E-state index >= 15 is 0 Å². The number of carbonyl (C=O) groups excluding carboxylic acids is 1. The van der Waals surface area contributed by atoms with Gasteiger partial charge in [-0.2, -0.15) is 0 Å². The summed E-state index contributed by atoms with van der Waals surface area (Å²) in [5.74, 6) is 0.0707. The molecule has 2 rings (SSSR count). The Hall–Kier alpha value is -1.39. The van der Waals surface area contributed by atoms with Crippen LogP contribution in [0, 0.1) is 0 Å². The van der Waals surface area contributed by atoms with E-state index in [1.807, 2.05) is 35.2 Å². The highest BCUT2D eigenvalue weighted by Gasteiger charge is 2.29. The number of ether oxygens (including phenoxy) is 1. The van der Waals surface area contributed by atoms with Gasteiger partial charge >= 0.3 is 0 Å². The summed E-state index contributed by atoms with van der Waals surface area (Å²) in [6.45, 7) is 4.65. The van der Waals surface area contributed by atoms with Crippen molar-refractivity contribution in [3.05, 3.63) is 35.9 Å². The molecule has 0 spiro atoms. The summed E-state index contributed by atoms with van der Waals surface area (Å²) in [5, 5.41) is 3.43. The molecule has 1 fully saturated rings. The highest BCUT2D eigenvalue weighted by atomic mass is 16.5. The number of piperidine rings is 1. The Balaban J connectivity index is 2.05. The molecule has 0 aliphatic carbocycles. The van der Waals surface area contributed by atoms with Crippen LogP contribution in [0.25, 0.3) is 0 Å². The van der Waals surface area contributed by atoms with Crippen LogP contribution in [0.15, 0.2) is 30.3 Å². The van der Waals surface area contributed by atoms with E-state index < -0.39 is 6.10 Å². The largest absolute Gasteiger partial charge is 0.367 e. The lowest BCUT2D eigenvalue weighted by Gasteiger charge is -2.35. The first-order valence-corrected chi connectivity index (χ1v) is 7.36. The predicted octanol–water partition coefficient (Wildman–Crippen LogP) is 1.97. The number of rotatable bonds is 5. The van der Waals surface area contributed by atoms with E-state index in [0.29, 0.717) is 6.04 Å². The van der Waals surface area contributed by atoms with Gasteiger partial charge in [-0.3, -0.25) is 4.79 Å². The number of amides is 1.